The molecule has 0 aliphatic carbocycles. The van der Waals surface area contributed by atoms with E-state index >= 15 is 0 Å². The molecule has 0 saturated heterocycles. The average molecular weight is 215 g/mol. The molecule has 3 nitrogen and oxygen atoms in total. The number of benzene rings is 1. The van der Waals surface area contributed by atoms with Crippen LogP contribution in [0, 0.1) is 0 Å². The first-order chi connectivity index (χ1) is 7.68. The van der Waals surface area contributed by atoms with Crippen LogP contribution < -0.4 is 5.32 Å². The summed E-state index contributed by atoms with van der Waals surface area (Å²) >= 11 is 0. The molecule has 84 valence electrons. The van der Waals surface area contributed by atoms with Crippen LogP contribution in [0.25, 0.3) is 0 Å². The lowest BCUT2D eigenvalue weighted by Crippen LogP contribution is -2.57. The molecule has 0 spiro atoms. The number of hydrogen-bond acceptors (Lipinski definition) is 3. The number of rotatable bonds is 0. The Morgan fingerprint density at radius 2 is 2.12 bits per heavy atom. The molecule has 3 rings (SSSR count). The van der Waals surface area contributed by atoms with Crippen molar-refractivity contribution in [3.8, 4) is 0 Å². The third kappa shape index (κ3) is 1.31. The monoisotopic (exact) mass is 215 g/mol. The number of hydrogen-bond donors (Lipinski definition) is 1. The predicted octanol–water partition coefficient (Wildman–Crippen LogP) is 2.30. The average Bonchev–Trinajstić information content (AvgIpc) is 2.29. The van der Waals surface area contributed by atoms with E-state index in [-0.39, 0.29) is 5.66 Å². The van der Waals surface area contributed by atoms with Crippen LogP contribution >= 0.6 is 0 Å². The Balaban J connectivity index is 2.17. The zero-order chi connectivity index (χ0) is 11.2. The Labute approximate surface area is 96.2 Å². The van der Waals surface area contributed by atoms with E-state index in [1.807, 2.05) is 0 Å². The van der Waals surface area contributed by atoms with Gasteiger partial charge < -0.3 is 10.2 Å². The molecule has 0 bridgehead atoms. The zero-order valence-electron chi connectivity index (χ0n) is 9.83. The third-order valence-corrected chi connectivity index (χ3v) is 3.34. The molecule has 0 aromatic heterocycles. The molecule has 2 aliphatic heterocycles. The van der Waals surface area contributed by atoms with Crippen molar-refractivity contribution in [2.75, 3.05) is 18.4 Å². The second-order valence-electron chi connectivity index (χ2n) is 4.94. The summed E-state index contributed by atoms with van der Waals surface area (Å²) in [6.45, 7) is 6.47. The summed E-state index contributed by atoms with van der Waals surface area (Å²) in [4.78, 5) is 7.06. The van der Waals surface area contributed by atoms with E-state index in [2.05, 4.69) is 48.3 Å². The quantitative estimate of drug-likeness (QED) is 0.719. The van der Waals surface area contributed by atoms with Gasteiger partial charge in [-0.2, -0.15) is 0 Å². The number of nitrogens with zero attached hydrogens (tertiary/aromatic N) is 2. The summed E-state index contributed by atoms with van der Waals surface area (Å²) in [6.07, 6.45) is 1.15. The van der Waals surface area contributed by atoms with Gasteiger partial charge in [-0.15, -0.1) is 0 Å². The SMILES string of the molecule is CC1(C)Nc2ccccc2C2=NCCCN21. The molecule has 0 radical (unpaired) electrons. The maximum atomic E-state index is 4.69. The van der Waals surface area contributed by atoms with Gasteiger partial charge in [0.25, 0.3) is 0 Å². The number of nitrogens with one attached hydrogen (secondary N) is 1. The van der Waals surface area contributed by atoms with Crippen molar-refractivity contribution < 1.29 is 0 Å². The number of para-hydroxylation sites is 1. The summed E-state index contributed by atoms with van der Waals surface area (Å²) in [5.41, 5.74) is 2.40. The van der Waals surface area contributed by atoms with Crippen molar-refractivity contribution in [1.82, 2.24) is 4.90 Å². The Morgan fingerprint density at radius 1 is 1.31 bits per heavy atom. The molecule has 1 aromatic carbocycles. The van der Waals surface area contributed by atoms with Gasteiger partial charge >= 0.3 is 0 Å². The van der Waals surface area contributed by atoms with Crippen LogP contribution in [0.1, 0.15) is 25.8 Å². The van der Waals surface area contributed by atoms with E-state index in [4.69, 9.17) is 4.99 Å². The summed E-state index contributed by atoms with van der Waals surface area (Å²) in [7, 11) is 0. The van der Waals surface area contributed by atoms with Gasteiger partial charge in [-0.1, -0.05) is 12.1 Å². The fourth-order valence-corrected chi connectivity index (χ4v) is 2.56. The van der Waals surface area contributed by atoms with E-state index < -0.39 is 0 Å². The molecule has 16 heavy (non-hydrogen) atoms. The standard InChI is InChI=1S/C13H17N3/c1-13(2)15-11-7-4-3-6-10(11)12-14-8-5-9-16(12)13/h3-4,6-7,15H,5,8-9H2,1-2H3. The minimum atomic E-state index is -0.0341. The zero-order valence-corrected chi connectivity index (χ0v) is 9.83. The lowest BCUT2D eigenvalue weighted by molar-refractivity contribution is 0.232. The van der Waals surface area contributed by atoms with Crippen molar-refractivity contribution in [2.24, 2.45) is 4.99 Å². The second-order valence-corrected chi connectivity index (χ2v) is 4.94. The van der Waals surface area contributed by atoms with Crippen molar-refractivity contribution in [3.63, 3.8) is 0 Å². The van der Waals surface area contributed by atoms with Crippen LogP contribution in [0.3, 0.4) is 0 Å². The molecular weight excluding hydrogens is 198 g/mol. The highest BCUT2D eigenvalue weighted by molar-refractivity contribution is 6.06. The van der Waals surface area contributed by atoms with E-state index in [0.717, 1.165) is 25.3 Å². The van der Waals surface area contributed by atoms with E-state index in [9.17, 15) is 0 Å². The Kier molecular flexibility index (Phi) is 1.96. The molecule has 0 amide bonds. The molecular formula is C13H17N3. The maximum Gasteiger partial charge on any atom is 0.134 e. The first kappa shape index (κ1) is 9.70. The smallest absolute Gasteiger partial charge is 0.134 e. The highest BCUT2D eigenvalue weighted by atomic mass is 15.4. The minimum Gasteiger partial charge on any atom is -0.362 e. The molecule has 0 atom stereocenters. The van der Waals surface area contributed by atoms with Gasteiger partial charge in [0.2, 0.25) is 0 Å². The van der Waals surface area contributed by atoms with E-state index in [1.54, 1.807) is 0 Å². The fourth-order valence-electron chi connectivity index (χ4n) is 2.56. The van der Waals surface area contributed by atoms with E-state index in [1.165, 1.54) is 11.3 Å². The highest BCUT2D eigenvalue weighted by Crippen LogP contribution is 2.32. The van der Waals surface area contributed by atoms with Crippen LogP contribution in [-0.2, 0) is 0 Å². The number of fused-ring (bicyclic) bond motifs is 3. The van der Waals surface area contributed by atoms with Gasteiger partial charge in [-0.3, -0.25) is 4.99 Å². The van der Waals surface area contributed by atoms with Crippen molar-refractivity contribution >= 4 is 11.5 Å². The summed E-state index contributed by atoms with van der Waals surface area (Å²) in [5.74, 6) is 1.16. The van der Waals surface area contributed by atoms with Gasteiger partial charge in [-0.25, -0.2) is 0 Å². The molecule has 1 N–H and O–H groups in total. The first-order valence-electron chi connectivity index (χ1n) is 5.88. The maximum absolute atomic E-state index is 4.69. The summed E-state index contributed by atoms with van der Waals surface area (Å²) in [6, 6.07) is 8.43. The fraction of sp³-hybridized carbons (Fsp3) is 0.462. The molecule has 3 heteroatoms. The second kappa shape index (κ2) is 3.24. The normalized spacial score (nSPS) is 21.6. The highest BCUT2D eigenvalue weighted by Gasteiger charge is 2.36. The lowest BCUT2D eigenvalue weighted by Gasteiger charge is -2.47. The van der Waals surface area contributed by atoms with Crippen LogP contribution in [0.5, 0.6) is 0 Å². The van der Waals surface area contributed by atoms with Gasteiger partial charge in [-0.05, 0) is 32.4 Å². The molecule has 2 aliphatic rings. The number of aliphatic imine (C=N–C) groups is 1. The van der Waals surface area contributed by atoms with Crippen LogP contribution in [-0.4, -0.2) is 29.5 Å². The molecule has 0 unspecified atom stereocenters. The Morgan fingerprint density at radius 3 is 3.00 bits per heavy atom. The van der Waals surface area contributed by atoms with E-state index in [0.29, 0.717) is 0 Å². The van der Waals surface area contributed by atoms with Gasteiger partial charge in [0.05, 0.1) is 0 Å². The Hall–Kier alpha value is -1.51. The van der Waals surface area contributed by atoms with Crippen LogP contribution in [0.4, 0.5) is 5.69 Å². The number of anilines is 1. The van der Waals surface area contributed by atoms with Crippen molar-refractivity contribution in [2.45, 2.75) is 25.9 Å². The van der Waals surface area contributed by atoms with Crippen LogP contribution in [0.15, 0.2) is 29.3 Å². The largest absolute Gasteiger partial charge is 0.362 e. The molecule has 0 saturated carbocycles. The number of amidine groups is 1. The third-order valence-electron chi connectivity index (χ3n) is 3.34. The first-order valence-corrected chi connectivity index (χ1v) is 5.88. The summed E-state index contributed by atoms with van der Waals surface area (Å²) in [5, 5.41) is 3.58. The van der Waals surface area contributed by atoms with Gasteiger partial charge in [0, 0.05) is 24.3 Å². The summed E-state index contributed by atoms with van der Waals surface area (Å²) < 4.78 is 0. The molecule has 2 heterocycles. The molecule has 0 fully saturated rings. The topological polar surface area (TPSA) is 27.6 Å². The lowest BCUT2D eigenvalue weighted by atomic mass is 10.00. The minimum absolute atomic E-state index is 0.0341. The van der Waals surface area contributed by atoms with Crippen LogP contribution in [0.2, 0.25) is 0 Å². The van der Waals surface area contributed by atoms with Gasteiger partial charge in [0.15, 0.2) is 0 Å². The molecule has 1 aromatic rings. The predicted molar refractivity (Wildman–Crippen MR) is 66.9 cm³/mol. The van der Waals surface area contributed by atoms with Crippen molar-refractivity contribution in [3.05, 3.63) is 29.8 Å². The Bertz CT molecular complexity index is 448. The van der Waals surface area contributed by atoms with Crippen molar-refractivity contribution in [1.29, 1.82) is 0 Å². The van der Waals surface area contributed by atoms with Gasteiger partial charge in [0.1, 0.15) is 11.5 Å².